The number of esters is 2. The number of pyridine rings is 1. The number of fused-ring (bicyclic) bond motifs is 1. The van der Waals surface area contributed by atoms with Crippen LogP contribution < -0.4 is 5.32 Å². The molecule has 2 aromatic carbocycles. The van der Waals surface area contributed by atoms with Crippen LogP contribution >= 0.6 is 11.6 Å². The molecular weight excluding hydrogens is 368 g/mol. The normalized spacial score (nSPS) is 10.5. The first kappa shape index (κ1) is 18.7. The Labute approximate surface area is 161 Å². The molecular formula is C20H17ClN2O4. The van der Waals surface area contributed by atoms with E-state index in [1.165, 1.54) is 14.2 Å². The molecule has 7 heteroatoms. The summed E-state index contributed by atoms with van der Waals surface area (Å²) >= 11 is 5.92. The molecule has 1 N–H and O–H groups in total. The van der Waals surface area contributed by atoms with E-state index in [2.05, 4.69) is 10.3 Å². The van der Waals surface area contributed by atoms with Crippen LogP contribution in [0.25, 0.3) is 10.9 Å². The maximum Gasteiger partial charge on any atom is 0.357 e. The number of carbonyl (C=O) groups is 2. The van der Waals surface area contributed by atoms with Crippen molar-refractivity contribution >= 4 is 40.1 Å². The predicted molar refractivity (Wildman–Crippen MR) is 103 cm³/mol. The molecule has 3 rings (SSSR count). The minimum absolute atomic E-state index is 0.0389. The average molecular weight is 385 g/mol. The second-order valence-electron chi connectivity index (χ2n) is 5.69. The van der Waals surface area contributed by atoms with Crippen molar-refractivity contribution < 1.29 is 19.1 Å². The number of carbonyl (C=O) groups excluding carboxylic acids is 2. The third kappa shape index (κ3) is 3.85. The monoisotopic (exact) mass is 384 g/mol. The highest BCUT2D eigenvalue weighted by atomic mass is 35.5. The van der Waals surface area contributed by atoms with Gasteiger partial charge in [-0.3, -0.25) is 0 Å². The van der Waals surface area contributed by atoms with Crippen LogP contribution in [0.3, 0.4) is 0 Å². The molecule has 0 unspecified atom stereocenters. The first-order chi connectivity index (χ1) is 13.0. The summed E-state index contributed by atoms with van der Waals surface area (Å²) in [5.41, 5.74) is 1.92. The molecule has 1 heterocycles. The molecule has 0 aliphatic carbocycles. The largest absolute Gasteiger partial charge is 0.465 e. The number of hydrogen-bond donors (Lipinski definition) is 1. The third-order valence-corrected chi connectivity index (χ3v) is 4.30. The zero-order chi connectivity index (χ0) is 19.4. The maximum atomic E-state index is 12.4. The Morgan fingerprint density at radius 2 is 1.67 bits per heavy atom. The molecule has 1 aromatic heterocycles. The topological polar surface area (TPSA) is 77.5 Å². The molecule has 0 spiro atoms. The number of hydrogen-bond acceptors (Lipinski definition) is 6. The van der Waals surface area contributed by atoms with Gasteiger partial charge in [0.15, 0.2) is 5.69 Å². The summed E-state index contributed by atoms with van der Waals surface area (Å²) < 4.78 is 9.68. The predicted octanol–water partition coefficient (Wildman–Crippen LogP) is 4.07. The fourth-order valence-electron chi connectivity index (χ4n) is 2.73. The van der Waals surface area contributed by atoms with E-state index in [1.807, 2.05) is 24.3 Å². The lowest BCUT2D eigenvalue weighted by Crippen LogP contribution is -2.17. The average Bonchev–Trinajstić information content (AvgIpc) is 2.71. The minimum Gasteiger partial charge on any atom is -0.465 e. The molecule has 0 bridgehead atoms. The standard InChI is InChI=1S/C20H17ClN2O4/c1-26-19(24)16-17(22-11-12-7-9-13(21)10-8-12)14-5-3-4-6-15(14)23-18(16)20(25)27-2/h3-10H,11H2,1-2H3,(H,22,23). The molecule has 0 fully saturated rings. The van der Waals surface area contributed by atoms with E-state index < -0.39 is 11.9 Å². The van der Waals surface area contributed by atoms with Crippen LogP contribution in [0.1, 0.15) is 26.4 Å². The Bertz CT molecular complexity index is 1000. The van der Waals surface area contributed by atoms with Gasteiger partial charge in [0, 0.05) is 17.0 Å². The number of ether oxygens (including phenoxy) is 2. The highest BCUT2D eigenvalue weighted by molar-refractivity contribution is 6.30. The van der Waals surface area contributed by atoms with Crippen molar-refractivity contribution in [2.45, 2.75) is 6.54 Å². The van der Waals surface area contributed by atoms with E-state index in [0.717, 1.165) is 5.56 Å². The van der Waals surface area contributed by atoms with Crippen LogP contribution in [0.5, 0.6) is 0 Å². The Morgan fingerprint density at radius 3 is 2.33 bits per heavy atom. The molecule has 0 aliphatic heterocycles. The fourth-order valence-corrected chi connectivity index (χ4v) is 2.86. The van der Waals surface area contributed by atoms with Gasteiger partial charge < -0.3 is 14.8 Å². The molecule has 0 radical (unpaired) electrons. The van der Waals surface area contributed by atoms with Crippen LogP contribution in [0.2, 0.25) is 5.02 Å². The molecule has 138 valence electrons. The number of para-hydroxylation sites is 1. The van der Waals surface area contributed by atoms with Gasteiger partial charge in [0.1, 0.15) is 5.56 Å². The molecule has 27 heavy (non-hydrogen) atoms. The van der Waals surface area contributed by atoms with Gasteiger partial charge in [-0.25, -0.2) is 14.6 Å². The zero-order valence-corrected chi connectivity index (χ0v) is 15.5. The first-order valence-electron chi connectivity index (χ1n) is 8.13. The summed E-state index contributed by atoms with van der Waals surface area (Å²) in [6.45, 7) is 0.412. The molecule has 0 saturated heterocycles. The number of nitrogens with one attached hydrogen (secondary N) is 1. The van der Waals surface area contributed by atoms with Crippen molar-refractivity contribution in [3.63, 3.8) is 0 Å². The van der Waals surface area contributed by atoms with Crippen LogP contribution in [0.4, 0.5) is 5.69 Å². The first-order valence-corrected chi connectivity index (χ1v) is 8.50. The van der Waals surface area contributed by atoms with Crippen molar-refractivity contribution in [2.24, 2.45) is 0 Å². The zero-order valence-electron chi connectivity index (χ0n) is 14.8. The van der Waals surface area contributed by atoms with Crippen molar-refractivity contribution in [3.05, 3.63) is 70.4 Å². The van der Waals surface area contributed by atoms with Gasteiger partial charge in [-0.15, -0.1) is 0 Å². The number of methoxy groups -OCH3 is 2. The number of rotatable bonds is 5. The number of halogens is 1. The molecule has 0 aliphatic rings. The quantitative estimate of drug-likeness (QED) is 0.668. The highest BCUT2D eigenvalue weighted by Gasteiger charge is 2.26. The van der Waals surface area contributed by atoms with E-state index in [4.69, 9.17) is 21.1 Å². The van der Waals surface area contributed by atoms with Crippen molar-refractivity contribution in [1.29, 1.82) is 0 Å². The van der Waals surface area contributed by atoms with E-state index in [1.54, 1.807) is 24.3 Å². The Morgan fingerprint density at radius 1 is 1.00 bits per heavy atom. The summed E-state index contributed by atoms with van der Waals surface area (Å²) in [6, 6.07) is 14.5. The molecule has 3 aromatic rings. The number of anilines is 1. The van der Waals surface area contributed by atoms with E-state index in [9.17, 15) is 9.59 Å². The summed E-state index contributed by atoms with van der Waals surface area (Å²) in [4.78, 5) is 29.0. The van der Waals surface area contributed by atoms with Gasteiger partial charge in [0.25, 0.3) is 0 Å². The summed E-state index contributed by atoms with van der Waals surface area (Å²) in [7, 11) is 2.49. The van der Waals surface area contributed by atoms with E-state index >= 15 is 0 Å². The van der Waals surface area contributed by atoms with E-state index in [0.29, 0.717) is 28.2 Å². The SMILES string of the molecule is COC(=O)c1nc2ccccc2c(NCc2ccc(Cl)cc2)c1C(=O)OC. The summed E-state index contributed by atoms with van der Waals surface area (Å²) in [5.74, 6) is -1.39. The Hall–Kier alpha value is -3.12. The van der Waals surface area contributed by atoms with Gasteiger partial charge in [0.05, 0.1) is 25.4 Å². The number of nitrogens with zero attached hydrogens (tertiary/aromatic N) is 1. The van der Waals surface area contributed by atoms with Crippen LogP contribution in [-0.2, 0) is 16.0 Å². The summed E-state index contributed by atoms with van der Waals surface area (Å²) in [6.07, 6.45) is 0. The van der Waals surface area contributed by atoms with Crippen molar-refractivity contribution in [1.82, 2.24) is 4.98 Å². The van der Waals surface area contributed by atoms with Crippen LogP contribution in [0.15, 0.2) is 48.5 Å². The Balaban J connectivity index is 2.15. The molecule has 0 saturated carbocycles. The minimum atomic E-state index is -0.712. The van der Waals surface area contributed by atoms with Crippen LogP contribution in [-0.4, -0.2) is 31.1 Å². The van der Waals surface area contributed by atoms with Gasteiger partial charge >= 0.3 is 11.9 Å². The second-order valence-corrected chi connectivity index (χ2v) is 6.13. The maximum absolute atomic E-state index is 12.4. The molecule has 6 nitrogen and oxygen atoms in total. The van der Waals surface area contributed by atoms with Gasteiger partial charge in [-0.2, -0.15) is 0 Å². The number of benzene rings is 2. The van der Waals surface area contributed by atoms with Gasteiger partial charge in [0.2, 0.25) is 0 Å². The van der Waals surface area contributed by atoms with Crippen molar-refractivity contribution in [2.75, 3.05) is 19.5 Å². The molecule has 0 amide bonds. The Kier molecular flexibility index (Phi) is 5.57. The summed E-state index contributed by atoms with van der Waals surface area (Å²) in [5, 5.41) is 4.56. The third-order valence-electron chi connectivity index (χ3n) is 4.04. The fraction of sp³-hybridized carbons (Fsp3) is 0.150. The number of aromatic nitrogens is 1. The van der Waals surface area contributed by atoms with Crippen molar-refractivity contribution in [3.8, 4) is 0 Å². The smallest absolute Gasteiger partial charge is 0.357 e. The molecule has 0 atom stereocenters. The lowest BCUT2D eigenvalue weighted by molar-refractivity contribution is 0.0551. The van der Waals surface area contributed by atoms with Gasteiger partial charge in [-0.1, -0.05) is 41.9 Å². The lowest BCUT2D eigenvalue weighted by Gasteiger charge is -2.16. The highest BCUT2D eigenvalue weighted by Crippen LogP contribution is 2.30. The van der Waals surface area contributed by atoms with Gasteiger partial charge in [-0.05, 0) is 23.8 Å². The lowest BCUT2D eigenvalue weighted by atomic mass is 10.0. The van der Waals surface area contributed by atoms with Crippen LogP contribution in [0, 0.1) is 0 Å². The second kappa shape index (κ2) is 8.05. The van der Waals surface area contributed by atoms with E-state index in [-0.39, 0.29) is 11.3 Å².